The average molecular weight is 402 g/mol. The predicted octanol–water partition coefficient (Wildman–Crippen LogP) is 0.629. The van der Waals surface area contributed by atoms with E-state index in [9.17, 15) is 9.59 Å². The average Bonchev–Trinajstić information content (AvgIpc) is 3.33. The summed E-state index contributed by atoms with van der Waals surface area (Å²) in [6.07, 6.45) is 0.571. The number of amides is 2. The SMILES string of the molecule is C[NH+]1CC(=O)N2C(Cc3c4n(c5ccccc35)Cc3cc5c(cc3C42)OCO5)C1=O. The van der Waals surface area contributed by atoms with Crippen molar-refractivity contribution in [2.24, 2.45) is 0 Å². The molecule has 1 N–H and O–H groups in total. The van der Waals surface area contributed by atoms with Gasteiger partial charge in [0.15, 0.2) is 24.1 Å². The lowest BCUT2D eigenvalue weighted by Gasteiger charge is -2.46. The van der Waals surface area contributed by atoms with Crippen LogP contribution in [0.2, 0.25) is 0 Å². The van der Waals surface area contributed by atoms with E-state index >= 15 is 0 Å². The van der Waals surface area contributed by atoms with Crippen LogP contribution >= 0.6 is 0 Å². The first-order chi connectivity index (χ1) is 14.6. The van der Waals surface area contributed by atoms with Gasteiger partial charge >= 0.3 is 5.91 Å². The number of hydrogen-bond donors (Lipinski definition) is 1. The number of likely N-dealkylation sites (N-methyl/N-ethyl adjacent to an activating group) is 1. The largest absolute Gasteiger partial charge is 0.454 e. The zero-order valence-corrected chi connectivity index (χ0v) is 16.5. The van der Waals surface area contributed by atoms with Crippen LogP contribution in [0.4, 0.5) is 0 Å². The predicted molar refractivity (Wildman–Crippen MR) is 107 cm³/mol. The molecule has 0 saturated carbocycles. The standard InChI is InChI=1S/C23H19N3O4/c1-24-10-20(27)26-17(23(24)28)7-15-13-4-2-3-5-16(13)25-9-12-6-18-19(30-11-29-18)8-14(12)22(26)21(15)25/h2-6,8,17,22H,7,9-11H2,1H3/p+1. The molecule has 3 unspecified atom stereocenters. The van der Waals surface area contributed by atoms with Gasteiger partial charge in [0.25, 0.3) is 5.91 Å². The van der Waals surface area contributed by atoms with Crippen molar-refractivity contribution < 1.29 is 24.0 Å². The van der Waals surface area contributed by atoms with Gasteiger partial charge in [-0.2, -0.15) is 0 Å². The molecular formula is C23H20N3O4+. The van der Waals surface area contributed by atoms with Crippen LogP contribution in [0.25, 0.3) is 10.9 Å². The molecule has 7 heteroatoms. The third-order valence-electron chi connectivity index (χ3n) is 7.08. The summed E-state index contributed by atoms with van der Waals surface area (Å²) in [5.74, 6) is 1.56. The van der Waals surface area contributed by atoms with Crippen molar-refractivity contribution in [2.75, 3.05) is 20.4 Å². The quantitative estimate of drug-likeness (QED) is 0.599. The Bertz CT molecular complexity index is 1290. The Morgan fingerprint density at radius 3 is 2.77 bits per heavy atom. The van der Waals surface area contributed by atoms with Crippen molar-refractivity contribution >= 4 is 22.7 Å². The number of rotatable bonds is 0. The van der Waals surface area contributed by atoms with Gasteiger partial charge in [-0.05, 0) is 34.9 Å². The third kappa shape index (κ3) is 1.89. The molecule has 0 bridgehead atoms. The number of benzene rings is 2. The molecular weight excluding hydrogens is 382 g/mol. The van der Waals surface area contributed by atoms with E-state index in [4.69, 9.17) is 9.47 Å². The van der Waals surface area contributed by atoms with Crippen LogP contribution < -0.4 is 14.4 Å². The normalized spacial score (nSPS) is 25.9. The summed E-state index contributed by atoms with van der Waals surface area (Å²) >= 11 is 0. The van der Waals surface area contributed by atoms with E-state index < -0.39 is 6.04 Å². The zero-order valence-electron chi connectivity index (χ0n) is 16.5. The number of ether oxygens (including phenoxy) is 2. The van der Waals surface area contributed by atoms with Gasteiger partial charge in [0.1, 0.15) is 0 Å². The Labute approximate surface area is 172 Å². The maximum Gasteiger partial charge on any atom is 0.335 e. The Morgan fingerprint density at radius 1 is 1.10 bits per heavy atom. The fourth-order valence-electron chi connectivity index (χ4n) is 5.78. The fourth-order valence-corrected chi connectivity index (χ4v) is 5.78. The van der Waals surface area contributed by atoms with Gasteiger partial charge in [-0.15, -0.1) is 0 Å². The molecule has 0 spiro atoms. The number of carbonyl (C=O) groups excluding carboxylic acids is 2. The number of hydrogen-bond acceptors (Lipinski definition) is 4. The van der Waals surface area contributed by atoms with E-state index in [-0.39, 0.29) is 31.2 Å². The van der Waals surface area contributed by atoms with Gasteiger partial charge < -0.3 is 18.9 Å². The molecule has 7 rings (SSSR count). The lowest BCUT2D eigenvalue weighted by Crippen LogP contribution is -3.16. The molecule has 150 valence electrons. The number of nitrogens with one attached hydrogen (secondary N) is 1. The Kier molecular flexibility index (Phi) is 2.98. The highest BCUT2D eigenvalue weighted by molar-refractivity contribution is 5.93. The van der Waals surface area contributed by atoms with E-state index in [2.05, 4.69) is 16.7 Å². The zero-order chi connectivity index (χ0) is 20.1. The molecule has 7 nitrogen and oxygen atoms in total. The third-order valence-corrected chi connectivity index (χ3v) is 7.08. The molecule has 2 aromatic carbocycles. The molecule has 0 radical (unpaired) electrons. The number of para-hydroxylation sites is 1. The van der Waals surface area contributed by atoms with Crippen LogP contribution in [0.3, 0.4) is 0 Å². The summed E-state index contributed by atoms with van der Waals surface area (Å²) in [4.78, 5) is 28.9. The lowest BCUT2D eigenvalue weighted by atomic mass is 9.83. The van der Waals surface area contributed by atoms with Crippen molar-refractivity contribution in [3.8, 4) is 11.5 Å². The van der Waals surface area contributed by atoms with Gasteiger partial charge in [-0.1, -0.05) is 18.2 Å². The van der Waals surface area contributed by atoms with Gasteiger partial charge in [-0.3, -0.25) is 9.69 Å². The number of nitrogens with zero attached hydrogens (tertiary/aromatic N) is 2. The minimum absolute atomic E-state index is 0.0232. The first-order valence-corrected chi connectivity index (χ1v) is 10.3. The molecule has 4 aliphatic heterocycles. The van der Waals surface area contributed by atoms with Gasteiger partial charge in [0, 0.05) is 29.6 Å². The number of piperazine rings is 1. The van der Waals surface area contributed by atoms with Crippen molar-refractivity contribution in [1.82, 2.24) is 9.47 Å². The highest BCUT2D eigenvalue weighted by Crippen LogP contribution is 2.49. The second kappa shape index (κ2) is 5.43. The molecule has 1 aromatic heterocycles. The minimum Gasteiger partial charge on any atom is -0.454 e. The highest BCUT2D eigenvalue weighted by atomic mass is 16.7. The number of aromatic nitrogens is 1. The molecule has 30 heavy (non-hydrogen) atoms. The molecule has 4 aliphatic rings. The van der Waals surface area contributed by atoms with E-state index in [1.807, 2.05) is 29.2 Å². The monoisotopic (exact) mass is 402 g/mol. The molecule has 0 aliphatic carbocycles. The number of quaternary nitrogens is 1. The minimum atomic E-state index is -0.445. The van der Waals surface area contributed by atoms with E-state index in [0.29, 0.717) is 23.6 Å². The van der Waals surface area contributed by atoms with Crippen LogP contribution in [0, 0.1) is 0 Å². The van der Waals surface area contributed by atoms with Crippen LogP contribution in [0.1, 0.15) is 28.4 Å². The summed E-state index contributed by atoms with van der Waals surface area (Å²) < 4.78 is 13.6. The second-order valence-electron chi connectivity index (χ2n) is 8.62. The van der Waals surface area contributed by atoms with Crippen molar-refractivity contribution in [3.63, 3.8) is 0 Å². The van der Waals surface area contributed by atoms with Gasteiger partial charge in [0.05, 0.1) is 13.1 Å². The number of fused-ring (bicyclic) bond motifs is 8. The molecule has 3 aromatic rings. The fraction of sp³-hybridized carbons (Fsp3) is 0.304. The number of carbonyl (C=O) groups is 2. The summed E-state index contributed by atoms with van der Waals surface area (Å²) in [6.45, 7) is 1.12. The lowest BCUT2D eigenvalue weighted by molar-refractivity contribution is -0.794. The molecule has 5 heterocycles. The first-order valence-electron chi connectivity index (χ1n) is 10.3. The summed E-state index contributed by atoms with van der Waals surface area (Å²) in [5.41, 5.74) is 5.63. The summed E-state index contributed by atoms with van der Waals surface area (Å²) in [5, 5.41) is 1.17. The Morgan fingerprint density at radius 2 is 1.90 bits per heavy atom. The van der Waals surface area contributed by atoms with E-state index in [1.165, 1.54) is 10.9 Å². The van der Waals surface area contributed by atoms with Crippen molar-refractivity contribution in [3.05, 3.63) is 58.8 Å². The Balaban J connectivity index is 1.55. The van der Waals surface area contributed by atoms with Crippen LogP contribution in [0.5, 0.6) is 11.5 Å². The Hall–Kier alpha value is -3.32. The van der Waals surface area contributed by atoms with Crippen LogP contribution in [-0.4, -0.2) is 47.7 Å². The maximum absolute atomic E-state index is 13.2. The summed E-state index contributed by atoms with van der Waals surface area (Å²) in [7, 11) is 1.79. The van der Waals surface area contributed by atoms with Gasteiger partial charge in [0.2, 0.25) is 6.79 Å². The highest BCUT2D eigenvalue weighted by Gasteiger charge is 2.52. The van der Waals surface area contributed by atoms with E-state index in [1.54, 1.807) is 7.05 Å². The van der Waals surface area contributed by atoms with Crippen molar-refractivity contribution in [1.29, 1.82) is 0 Å². The molecule has 1 fully saturated rings. The second-order valence-corrected chi connectivity index (χ2v) is 8.62. The molecule has 3 atom stereocenters. The molecule has 2 amide bonds. The van der Waals surface area contributed by atoms with Crippen molar-refractivity contribution in [2.45, 2.75) is 25.0 Å². The maximum atomic E-state index is 13.2. The van der Waals surface area contributed by atoms with Crippen LogP contribution in [0.15, 0.2) is 36.4 Å². The van der Waals surface area contributed by atoms with E-state index in [0.717, 1.165) is 28.1 Å². The smallest absolute Gasteiger partial charge is 0.335 e. The van der Waals surface area contributed by atoms with Gasteiger partial charge in [-0.25, -0.2) is 4.79 Å². The molecule has 1 saturated heterocycles. The first kappa shape index (κ1) is 16.5. The van der Waals surface area contributed by atoms with Crippen LogP contribution in [-0.2, 0) is 22.6 Å². The topological polar surface area (TPSA) is 65.2 Å². The summed E-state index contributed by atoms with van der Waals surface area (Å²) in [6, 6.07) is 11.7.